The number of hydrogen-bond acceptors (Lipinski definition) is 4. The summed E-state index contributed by atoms with van der Waals surface area (Å²) in [5, 5.41) is 3.26. The second kappa shape index (κ2) is 7.62. The van der Waals surface area contributed by atoms with Gasteiger partial charge in [-0.3, -0.25) is 0 Å². The smallest absolute Gasteiger partial charge is 0.219 e. The Labute approximate surface area is 119 Å². The van der Waals surface area contributed by atoms with Crippen molar-refractivity contribution in [1.29, 1.82) is 0 Å². The molecule has 0 aliphatic heterocycles. The molecule has 4 nitrogen and oxygen atoms in total. The van der Waals surface area contributed by atoms with Crippen LogP contribution in [0.15, 0.2) is 42.6 Å². The molecule has 0 radical (unpaired) electrons. The Balaban J connectivity index is 2.00. The van der Waals surface area contributed by atoms with Crippen LogP contribution in [0.4, 0.5) is 0 Å². The van der Waals surface area contributed by atoms with Gasteiger partial charge in [0.05, 0.1) is 6.61 Å². The van der Waals surface area contributed by atoms with Crippen LogP contribution in [0.3, 0.4) is 0 Å². The second-order valence-corrected chi connectivity index (χ2v) is 4.47. The zero-order valence-electron chi connectivity index (χ0n) is 11.9. The molecule has 0 bridgehead atoms. The summed E-state index contributed by atoms with van der Waals surface area (Å²) in [6.45, 7) is 4.43. The Morgan fingerprint density at radius 3 is 2.75 bits per heavy atom. The van der Waals surface area contributed by atoms with Gasteiger partial charge >= 0.3 is 0 Å². The number of nitrogens with one attached hydrogen (secondary N) is 1. The molecule has 0 unspecified atom stereocenters. The molecule has 1 N–H and O–H groups in total. The average Bonchev–Trinajstić information content (AvgIpc) is 2.47. The predicted octanol–water partition coefficient (Wildman–Crippen LogP) is 3.13. The third-order valence-electron chi connectivity index (χ3n) is 2.81. The molecule has 0 saturated carbocycles. The minimum absolute atomic E-state index is 0.576. The van der Waals surface area contributed by atoms with Crippen molar-refractivity contribution in [2.24, 2.45) is 0 Å². The van der Waals surface area contributed by atoms with E-state index in [9.17, 15) is 0 Å². The standard InChI is InChI=1S/C16H20N2O2/c1-3-17-10-14-7-8-16(18-11-14)20-15-6-4-5-13(9-15)12-19-2/h4-9,11,17H,3,10,12H2,1-2H3. The maximum atomic E-state index is 5.74. The molecule has 1 aromatic carbocycles. The Kier molecular flexibility index (Phi) is 5.53. The number of aromatic nitrogens is 1. The second-order valence-electron chi connectivity index (χ2n) is 4.47. The lowest BCUT2D eigenvalue weighted by Crippen LogP contribution is -2.11. The Bertz CT molecular complexity index is 526. The highest BCUT2D eigenvalue weighted by Gasteiger charge is 2.01. The first-order chi connectivity index (χ1) is 9.81. The van der Waals surface area contributed by atoms with Crippen LogP contribution >= 0.6 is 0 Å². The van der Waals surface area contributed by atoms with E-state index < -0.39 is 0 Å². The van der Waals surface area contributed by atoms with Crippen molar-refractivity contribution in [3.63, 3.8) is 0 Å². The summed E-state index contributed by atoms with van der Waals surface area (Å²) in [6, 6.07) is 11.7. The van der Waals surface area contributed by atoms with Crippen molar-refractivity contribution in [1.82, 2.24) is 10.3 Å². The van der Waals surface area contributed by atoms with Gasteiger partial charge in [-0.1, -0.05) is 25.1 Å². The first kappa shape index (κ1) is 14.5. The highest BCUT2D eigenvalue weighted by molar-refractivity contribution is 5.31. The first-order valence-electron chi connectivity index (χ1n) is 6.73. The molecule has 20 heavy (non-hydrogen) atoms. The zero-order valence-corrected chi connectivity index (χ0v) is 11.9. The highest BCUT2D eigenvalue weighted by Crippen LogP contribution is 2.20. The lowest BCUT2D eigenvalue weighted by molar-refractivity contribution is 0.184. The largest absolute Gasteiger partial charge is 0.439 e. The van der Waals surface area contributed by atoms with E-state index in [-0.39, 0.29) is 0 Å². The summed E-state index contributed by atoms with van der Waals surface area (Å²) in [7, 11) is 1.68. The van der Waals surface area contributed by atoms with Gasteiger partial charge in [0.2, 0.25) is 5.88 Å². The maximum absolute atomic E-state index is 5.74. The number of hydrogen-bond donors (Lipinski definition) is 1. The molecule has 2 rings (SSSR count). The van der Waals surface area contributed by atoms with Crippen molar-refractivity contribution in [3.05, 3.63) is 53.7 Å². The fourth-order valence-corrected chi connectivity index (χ4v) is 1.83. The van der Waals surface area contributed by atoms with Crippen LogP contribution in [-0.2, 0) is 17.9 Å². The van der Waals surface area contributed by atoms with E-state index >= 15 is 0 Å². The maximum Gasteiger partial charge on any atom is 0.219 e. The lowest BCUT2D eigenvalue weighted by Gasteiger charge is -2.07. The van der Waals surface area contributed by atoms with Gasteiger partial charge < -0.3 is 14.8 Å². The lowest BCUT2D eigenvalue weighted by atomic mass is 10.2. The van der Waals surface area contributed by atoms with E-state index in [0.717, 1.165) is 30.0 Å². The molecule has 106 valence electrons. The van der Waals surface area contributed by atoms with Crippen LogP contribution in [0.2, 0.25) is 0 Å². The van der Waals surface area contributed by atoms with Gasteiger partial charge in [-0.25, -0.2) is 4.98 Å². The molecule has 0 spiro atoms. The van der Waals surface area contributed by atoms with Gasteiger partial charge in [0.25, 0.3) is 0 Å². The molecular weight excluding hydrogens is 252 g/mol. The van der Waals surface area contributed by atoms with E-state index in [1.807, 2.05) is 42.6 Å². The molecule has 2 aromatic rings. The number of nitrogens with zero attached hydrogens (tertiary/aromatic N) is 1. The molecule has 0 aliphatic carbocycles. The number of ether oxygens (including phenoxy) is 2. The number of pyridine rings is 1. The van der Waals surface area contributed by atoms with Crippen molar-refractivity contribution in [2.45, 2.75) is 20.1 Å². The summed E-state index contributed by atoms with van der Waals surface area (Å²) in [5.41, 5.74) is 2.22. The Morgan fingerprint density at radius 2 is 2.05 bits per heavy atom. The summed E-state index contributed by atoms with van der Waals surface area (Å²) >= 11 is 0. The molecule has 0 aliphatic rings. The topological polar surface area (TPSA) is 43.4 Å². The summed E-state index contributed by atoms with van der Waals surface area (Å²) in [4.78, 5) is 4.31. The predicted molar refractivity (Wildman–Crippen MR) is 78.8 cm³/mol. The number of rotatable bonds is 7. The van der Waals surface area contributed by atoms with Crippen LogP contribution in [0.1, 0.15) is 18.1 Å². The Morgan fingerprint density at radius 1 is 1.15 bits per heavy atom. The minimum atomic E-state index is 0.576. The van der Waals surface area contributed by atoms with E-state index in [4.69, 9.17) is 9.47 Å². The molecule has 0 saturated heterocycles. The average molecular weight is 272 g/mol. The summed E-state index contributed by atoms with van der Waals surface area (Å²) in [6.07, 6.45) is 1.83. The van der Waals surface area contributed by atoms with Gasteiger partial charge in [0.1, 0.15) is 5.75 Å². The summed E-state index contributed by atoms with van der Waals surface area (Å²) < 4.78 is 10.8. The van der Waals surface area contributed by atoms with E-state index in [1.165, 1.54) is 0 Å². The molecule has 0 amide bonds. The van der Waals surface area contributed by atoms with Crippen LogP contribution in [0, 0.1) is 0 Å². The molecule has 0 atom stereocenters. The number of methoxy groups -OCH3 is 1. The molecule has 0 fully saturated rings. The van der Waals surface area contributed by atoms with Crippen molar-refractivity contribution in [2.75, 3.05) is 13.7 Å². The van der Waals surface area contributed by atoms with E-state index in [1.54, 1.807) is 7.11 Å². The third-order valence-corrected chi connectivity index (χ3v) is 2.81. The molecule has 1 aromatic heterocycles. The van der Waals surface area contributed by atoms with Crippen molar-refractivity contribution >= 4 is 0 Å². The van der Waals surface area contributed by atoms with E-state index in [2.05, 4.69) is 17.2 Å². The van der Waals surface area contributed by atoms with Crippen LogP contribution in [0.25, 0.3) is 0 Å². The first-order valence-corrected chi connectivity index (χ1v) is 6.73. The van der Waals surface area contributed by atoms with Crippen LogP contribution in [0.5, 0.6) is 11.6 Å². The SMILES string of the molecule is CCNCc1ccc(Oc2cccc(COC)c2)nc1. The van der Waals surface area contributed by atoms with Gasteiger partial charge in [0, 0.05) is 25.9 Å². The fourth-order valence-electron chi connectivity index (χ4n) is 1.83. The minimum Gasteiger partial charge on any atom is -0.439 e. The summed E-state index contributed by atoms with van der Waals surface area (Å²) in [5.74, 6) is 1.37. The Hall–Kier alpha value is -1.91. The fraction of sp³-hybridized carbons (Fsp3) is 0.312. The van der Waals surface area contributed by atoms with Gasteiger partial charge in [-0.2, -0.15) is 0 Å². The van der Waals surface area contributed by atoms with Gasteiger partial charge in [-0.15, -0.1) is 0 Å². The molecule has 4 heteroatoms. The highest BCUT2D eigenvalue weighted by atomic mass is 16.5. The quantitative estimate of drug-likeness (QED) is 0.841. The van der Waals surface area contributed by atoms with Crippen molar-refractivity contribution in [3.8, 4) is 11.6 Å². The normalized spacial score (nSPS) is 10.5. The van der Waals surface area contributed by atoms with Gasteiger partial charge in [0.15, 0.2) is 0 Å². The van der Waals surface area contributed by atoms with Crippen molar-refractivity contribution < 1.29 is 9.47 Å². The molecular formula is C16H20N2O2. The van der Waals surface area contributed by atoms with Crippen LogP contribution < -0.4 is 10.1 Å². The monoisotopic (exact) mass is 272 g/mol. The van der Waals surface area contributed by atoms with E-state index in [0.29, 0.717) is 12.5 Å². The number of benzene rings is 1. The zero-order chi connectivity index (χ0) is 14.2. The third kappa shape index (κ3) is 4.33. The van der Waals surface area contributed by atoms with Crippen LogP contribution in [-0.4, -0.2) is 18.6 Å². The van der Waals surface area contributed by atoms with Gasteiger partial charge in [-0.05, 0) is 29.8 Å². The molecule has 1 heterocycles.